The van der Waals surface area contributed by atoms with Crippen LogP contribution in [0.15, 0.2) is 48.5 Å². The Bertz CT molecular complexity index is 992. The molecule has 0 fully saturated rings. The maximum atomic E-state index is 12.8. The quantitative estimate of drug-likeness (QED) is 0.236. The van der Waals surface area contributed by atoms with Gasteiger partial charge in [0.15, 0.2) is 0 Å². The number of hydrogen-bond donors (Lipinski definition) is 7. The van der Waals surface area contributed by atoms with Crippen LogP contribution in [0.25, 0.3) is 0 Å². The van der Waals surface area contributed by atoms with E-state index in [0.717, 1.165) is 0 Å². The molecule has 2 amide bonds. The summed E-state index contributed by atoms with van der Waals surface area (Å²) < 4.78 is 0. The Hall–Kier alpha value is -4.12. The van der Waals surface area contributed by atoms with Crippen LogP contribution in [-0.4, -0.2) is 62.3 Å². The van der Waals surface area contributed by atoms with Crippen molar-refractivity contribution in [1.82, 2.24) is 10.6 Å². The smallest absolute Gasteiger partial charge is 0.326 e. The van der Waals surface area contributed by atoms with Crippen molar-refractivity contribution in [3.05, 3.63) is 59.7 Å². The van der Waals surface area contributed by atoms with E-state index in [1.165, 1.54) is 36.4 Å². The van der Waals surface area contributed by atoms with Crippen LogP contribution in [0, 0.1) is 0 Å². The first-order chi connectivity index (χ1) is 15.5. The maximum Gasteiger partial charge on any atom is 0.326 e. The van der Waals surface area contributed by atoms with Gasteiger partial charge in [0, 0.05) is 6.42 Å². The van der Waals surface area contributed by atoms with Crippen molar-refractivity contribution in [2.24, 2.45) is 5.73 Å². The largest absolute Gasteiger partial charge is 0.508 e. The van der Waals surface area contributed by atoms with E-state index in [2.05, 4.69) is 10.6 Å². The predicted molar refractivity (Wildman–Crippen MR) is 115 cm³/mol. The number of rotatable bonds is 11. The van der Waals surface area contributed by atoms with Crippen LogP contribution in [0.4, 0.5) is 0 Å². The van der Waals surface area contributed by atoms with Gasteiger partial charge < -0.3 is 36.8 Å². The lowest BCUT2D eigenvalue weighted by molar-refractivity contribution is -0.147. The minimum absolute atomic E-state index is 0.00731. The number of phenols is 2. The summed E-state index contributed by atoms with van der Waals surface area (Å²) in [7, 11) is 0. The van der Waals surface area contributed by atoms with E-state index >= 15 is 0 Å². The van der Waals surface area contributed by atoms with E-state index < -0.39 is 48.3 Å². The molecule has 0 spiro atoms. The Morgan fingerprint density at radius 2 is 1.18 bits per heavy atom. The van der Waals surface area contributed by atoms with Crippen molar-refractivity contribution in [1.29, 1.82) is 0 Å². The number of aromatic hydroxyl groups is 2. The highest BCUT2D eigenvalue weighted by Gasteiger charge is 2.29. The van der Waals surface area contributed by atoms with E-state index in [0.29, 0.717) is 11.1 Å². The number of benzene rings is 2. The van der Waals surface area contributed by atoms with E-state index in [-0.39, 0.29) is 24.3 Å². The SMILES string of the molecule is N[C@@H](Cc1ccc(O)cc1)C(=O)N[C@@H](Cc1ccc(O)cc1)C(=O)N[C@@H](CC(=O)O)C(=O)O. The zero-order valence-corrected chi connectivity index (χ0v) is 17.5. The lowest BCUT2D eigenvalue weighted by Crippen LogP contribution is -2.55. The lowest BCUT2D eigenvalue weighted by atomic mass is 10.0. The number of carboxylic acids is 2. The molecule has 0 heterocycles. The predicted octanol–water partition coefficient (Wildman–Crippen LogP) is -0.261. The maximum absolute atomic E-state index is 12.8. The Morgan fingerprint density at radius 1 is 0.727 bits per heavy atom. The lowest BCUT2D eigenvalue weighted by Gasteiger charge is -2.23. The Kier molecular flexibility index (Phi) is 8.75. The van der Waals surface area contributed by atoms with Crippen molar-refractivity contribution >= 4 is 23.8 Å². The molecule has 33 heavy (non-hydrogen) atoms. The number of amides is 2. The van der Waals surface area contributed by atoms with Crippen molar-refractivity contribution in [2.45, 2.75) is 37.4 Å². The number of carboxylic acid groups (broad SMARTS) is 2. The van der Waals surface area contributed by atoms with Crippen molar-refractivity contribution in [3.8, 4) is 11.5 Å². The molecule has 3 atom stereocenters. The van der Waals surface area contributed by atoms with Crippen LogP contribution in [0.2, 0.25) is 0 Å². The van der Waals surface area contributed by atoms with Crippen LogP contribution in [-0.2, 0) is 32.0 Å². The van der Waals surface area contributed by atoms with Gasteiger partial charge in [0.25, 0.3) is 0 Å². The minimum Gasteiger partial charge on any atom is -0.508 e. The highest BCUT2D eigenvalue weighted by atomic mass is 16.4. The molecule has 0 saturated carbocycles. The van der Waals surface area contributed by atoms with Crippen LogP contribution in [0.3, 0.4) is 0 Å². The minimum atomic E-state index is -1.69. The fourth-order valence-corrected chi connectivity index (χ4v) is 2.98. The second kappa shape index (κ2) is 11.5. The molecular formula is C22H25N3O8. The molecule has 0 aliphatic heterocycles. The number of nitrogens with two attached hydrogens (primary N) is 1. The Balaban J connectivity index is 2.16. The summed E-state index contributed by atoms with van der Waals surface area (Å²) in [5.41, 5.74) is 7.17. The molecule has 11 nitrogen and oxygen atoms in total. The number of phenolic OH excluding ortho intramolecular Hbond substituents is 2. The van der Waals surface area contributed by atoms with Crippen molar-refractivity contribution in [2.75, 3.05) is 0 Å². The Morgan fingerprint density at radius 3 is 1.64 bits per heavy atom. The number of nitrogens with one attached hydrogen (secondary N) is 2. The fraction of sp³-hybridized carbons (Fsp3) is 0.273. The average Bonchev–Trinajstić information content (AvgIpc) is 2.75. The van der Waals surface area contributed by atoms with E-state index in [1.807, 2.05) is 0 Å². The van der Waals surface area contributed by atoms with Crippen molar-refractivity contribution < 1.29 is 39.6 Å². The van der Waals surface area contributed by atoms with Gasteiger partial charge in [-0.2, -0.15) is 0 Å². The number of carbonyl (C=O) groups is 4. The molecular weight excluding hydrogens is 434 g/mol. The molecule has 8 N–H and O–H groups in total. The highest BCUT2D eigenvalue weighted by molar-refractivity contribution is 5.93. The van der Waals surface area contributed by atoms with Gasteiger partial charge in [-0.3, -0.25) is 14.4 Å². The first-order valence-electron chi connectivity index (χ1n) is 9.92. The molecule has 0 aliphatic rings. The zero-order valence-electron chi connectivity index (χ0n) is 17.5. The summed E-state index contributed by atoms with van der Waals surface area (Å²) in [6.07, 6.45) is -0.805. The fourth-order valence-electron chi connectivity index (χ4n) is 2.98. The van der Waals surface area contributed by atoms with E-state index in [1.54, 1.807) is 12.1 Å². The monoisotopic (exact) mass is 459 g/mol. The number of hydrogen-bond acceptors (Lipinski definition) is 7. The summed E-state index contributed by atoms with van der Waals surface area (Å²) >= 11 is 0. The summed E-state index contributed by atoms with van der Waals surface area (Å²) in [6, 6.07) is 7.85. The second-order valence-corrected chi connectivity index (χ2v) is 7.41. The normalized spacial score (nSPS) is 13.4. The van der Waals surface area contributed by atoms with Crippen LogP contribution in [0.5, 0.6) is 11.5 Å². The molecule has 2 aromatic rings. The van der Waals surface area contributed by atoms with Crippen molar-refractivity contribution in [3.63, 3.8) is 0 Å². The van der Waals surface area contributed by atoms with Crippen LogP contribution < -0.4 is 16.4 Å². The number of carbonyl (C=O) groups excluding carboxylic acids is 2. The molecule has 11 heteroatoms. The summed E-state index contributed by atoms with van der Waals surface area (Å²) in [6.45, 7) is 0. The molecule has 0 bridgehead atoms. The first kappa shape index (κ1) is 25.1. The third-order valence-electron chi connectivity index (χ3n) is 4.73. The summed E-state index contributed by atoms with van der Waals surface area (Å²) in [5, 5.41) is 41.5. The third kappa shape index (κ3) is 8.15. The molecule has 2 rings (SSSR count). The van der Waals surface area contributed by atoms with Crippen LogP contribution in [0.1, 0.15) is 17.5 Å². The topological polar surface area (TPSA) is 199 Å². The molecule has 0 radical (unpaired) electrons. The summed E-state index contributed by atoms with van der Waals surface area (Å²) in [4.78, 5) is 47.6. The van der Waals surface area contributed by atoms with Gasteiger partial charge in [-0.05, 0) is 41.8 Å². The molecule has 176 valence electrons. The van der Waals surface area contributed by atoms with Gasteiger partial charge in [-0.25, -0.2) is 4.79 Å². The summed E-state index contributed by atoms with van der Waals surface area (Å²) in [5.74, 6) is -4.50. The van der Waals surface area contributed by atoms with Gasteiger partial charge in [0.05, 0.1) is 12.5 Å². The van der Waals surface area contributed by atoms with Gasteiger partial charge >= 0.3 is 11.9 Å². The average molecular weight is 459 g/mol. The molecule has 0 saturated heterocycles. The van der Waals surface area contributed by atoms with Gasteiger partial charge in [-0.15, -0.1) is 0 Å². The van der Waals surface area contributed by atoms with Gasteiger partial charge in [0.2, 0.25) is 11.8 Å². The zero-order chi connectivity index (χ0) is 24.5. The number of aliphatic carboxylic acids is 2. The third-order valence-corrected chi connectivity index (χ3v) is 4.73. The van der Waals surface area contributed by atoms with Gasteiger partial charge in [0.1, 0.15) is 23.6 Å². The van der Waals surface area contributed by atoms with Gasteiger partial charge in [-0.1, -0.05) is 24.3 Å². The first-order valence-corrected chi connectivity index (χ1v) is 9.92. The molecule has 0 aliphatic carbocycles. The van der Waals surface area contributed by atoms with E-state index in [9.17, 15) is 34.5 Å². The van der Waals surface area contributed by atoms with E-state index in [4.69, 9.17) is 10.8 Å². The second-order valence-electron chi connectivity index (χ2n) is 7.41. The standard InChI is InChI=1S/C22H25N3O8/c23-16(9-12-1-5-14(26)6-2-12)20(30)24-17(10-13-3-7-15(27)8-4-13)21(31)25-18(22(32)33)11-19(28)29/h1-8,16-18,26-27H,9-11,23H2,(H,24,30)(H,25,31)(H,28,29)(H,32,33)/t16-,17-,18-/m0/s1. The van der Waals surface area contributed by atoms with Crippen LogP contribution >= 0.6 is 0 Å². The molecule has 0 unspecified atom stereocenters. The Labute approximate surface area is 188 Å². The molecule has 0 aromatic heterocycles. The highest BCUT2D eigenvalue weighted by Crippen LogP contribution is 2.13. The molecule has 2 aromatic carbocycles.